The van der Waals surface area contributed by atoms with Gasteiger partial charge in [0.1, 0.15) is 0 Å². The van der Waals surface area contributed by atoms with E-state index in [1.807, 2.05) is 0 Å². The summed E-state index contributed by atoms with van der Waals surface area (Å²) in [5, 5.41) is 2.89. The first-order valence-corrected chi connectivity index (χ1v) is 5.48. The minimum absolute atomic E-state index is 0.0194. The molecule has 0 saturated carbocycles. The Balaban J connectivity index is 2.29. The Bertz CT molecular complexity index is 403. The second-order valence-corrected chi connectivity index (χ2v) is 4.16. The van der Waals surface area contributed by atoms with Crippen LogP contribution in [0.25, 0.3) is 0 Å². The quantitative estimate of drug-likeness (QED) is 0.883. The van der Waals surface area contributed by atoms with Gasteiger partial charge in [0.05, 0.1) is 7.11 Å². The van der Waals surface area contributed by atoms with E-state index >= 15 is 0 Å². The van der Waals surface area contributed by atoms with Gasteiger partial charge in [0.15, 0.2) is 11.6 Å². The molecule has 0 amide bonds. The maximum absolute atomic E-state index is 14.0. The maximum Gasteiger partial charge on any atom is 0.277 e. The summed E-state index contributed by atoms with van der Waals surface area (Å²) in [5.41, 5.74) is -0.287. The number of methoxy groups -OCH3 is 1. The van der Waals surface area contributed by atoms with Gasteiger partial charge >= 0.3 is 0 Å². The minimum Gasteiger partial charge on any atom is -0.494 e. The third kappa shape index (κ3) is 2.24. The molecule has 0 aromatic heterocycles. The van der Waals surface area contributed by atoms with Gasteiger partial charge < -0.3 is 10.1 Å². The summed E-state index contributed by atoms with van der Waals surface area (Å²) in [7, 11) is 1.30. The van der Waals surface area contributed by atoms with Crippen LogP contribution in [0.3, 0.4) is 0 Å². The van der Waals surface area contributed by atoms with Gasteiger partial charge in [-0.2, -0.15) is 0 Å². The minimum atomic E-state index is -3.00. The molecule has 94 valence electrons. The number of benzene rings is 1. The first-order valence-electron chi connectivity index (χ1n) is 5.48. The van der Waals surface area contributed by atoms with E-state index in [0.29, 0.717) is 13.0 Å². The van der Waals surface area contributed by atoms with Crippen LogP contribution in [0.1, 0.15) is 12.0 Å². The van der Waals surface area contributed by atoms with E-state index in [1.54, 1.807) is 0 Å². The molecule has 1 aliphatic heterocycles. The van der Waals surface area contributed by atoms with Gasteiger partial charge in [0, 0.05) is 18.0 Å². The Kier molecular flexibility index (Phi) is 3.28. The molecule has 1 fully saturated rings. The molecule has 5 heteroatoms. The molecule has 2 rings (SSSR count). The highest BCUT2D eigenvalue weighted by molar-refractivity contribution is 5.32. The lowest BCUT2D eigenvalue weighted by Gasteiger charge is -2.23. The monoisotopic (exact) mass is 245 g/mol. The molecule has 1 atom stereocenters. The van der Waals surface area contributed by atoms with E-state index < -0.39 is 17.7 Å². The Morgan fingerprint density at radius 1 is 1.41 bits per heavy atom. The summed E-state index contributed by atoms with van der Waals surface area (Å²) >= 11 is 0. The van der Waals surface area contributed by atoms with Crippen LogP contribution < -0.4 is 10.1 Å². The molecule has 0 spiro atoms. The highest BCUT2D eigenvalue weighted by atomic mass is 19.3. The smallest absolute Gasteiger partial charge is 0.277 e. The van der Waals surface area contributed by atoms with Crippen molar-refractivity contribution in [2.24, 2.45) is 5.92 Å². The van der Waals surface area contributed by atoms with E-state index in [0.717, 1.165) is 6.07 Å². The molecule has 1 heterocycles. The predicted molar refractivity (Wildman–Crippen MR) is 57.8 cm³/mol. The Morgan fingerprint density at radius 2 is 2.18 bits per heavy atom. The van der Waals surface area contributed by atoms with E-state index in [-0.39, 0.29) is 17.9 Å². The number of hydrogen-bond donors (Lipinski definition) is 1. The van der Waals surface area contributed by atoms with E-state index in [4.69, 9.17) is 4.74 Å². The SMILES string of the molecule is COc1ccc(C(F)(F)C2CCNC2)cc1F. The molecule has 2 nitrogen and oxygen atoms in total. The zero-order valence-electron chi connectivity index (χ0n) is 9.47. The van der Waals surface area contributed by atoms with Gasteiger partial charge in [-0.25, -0.2) is 13.2 Å². The Morgan fingerprint density at radius 3 is 2.71 bits per heavy atom. The average molecular weight is 245 g/mol. The largest absolute Gasteiger partial charge is 0.494 e. The van der Waals surface area contributed by atoms with Crippen molar-refractivity contribution in [1.82, 2.24) is 5.32 Å². The lowest BCUT2D eigenvalue weighted by Crippen LogP contribution is -2.27. The van der Waals surface area contributed by atoms with E-state index in [9.17, 15) is 13.2 Å². The van der Waals surface area contributed by atoms with Crippen LogP contribution in [0.5, 0.6) is 5.75 Å². The molecular weight excluding hydrogens is 231 g/mol. The van der Waals surface area contributed by atoms with Crippen molar-refractivity contribution >= 4 is 0 Å². The second-order valence-electron chi connectivity index (χ2n) is 4.16. The topological polar surface area (TPSA) is 21.3 Å². The van der Waals surface area contributed by atoms with E-state index in [2.05, 4.69) is 5.32 Å². The number of rotatable bonds is 3. The number of hydrogen-bond acceptors (Lipinski definition) is 2. The third-order valence-electron chi connectivity index (χ3n) is 3.11. The molecule has 1 aromatic carbocycles. The predicted octanol–water partition coefficient (Wildman–Crippen LogP) is 2.54. The molecule has 1 aromatic rings. The van der Waals surface area contributed by atoms with Gasteiger partial charge in [0.25, 0.3) is 5.92 Å². The second kappa shape index (κ2) is 4.56. The number of halogens is 3. The van der Waals surface area contributed by atoms with Crippen molar-refractivity contribution in [2.75, 3.05) is 20.2 Å². The lowest BCUT2D eigenvalue weighted by atomic mass is 9.93. The van der Waals surface area contributed by atoms with Gasteiger partial charge in [-0.1, -0.05) is 0 Å². The Hall–Kier alpha value is -1.23. The summed E-state index contributed by atoms with van der Waals surface area (Å²) < 4.78 is 46.2. The van der Waals surface area contributed by atoms with Crippen molar-refractivity contribution in [3.8, 4) is 5.75 Å². The van der Waals surface area contributed by atoms with Crippen LogP contribution in [0.2, 0.25) is 0 Å². The van der Waals surface area contributed by atoms with E-state index in [1.165, 1.54) is 19.2 Å². The number of ether oxygens (including phenoxy) is 1. The molecule has 0 bridgehead atoms. The van der Waals surface area contributed by atoms with Crippen LogP contribution in [-0.4, -0.2) is 20.2 Å². The molecule has 1 saturated heterocycles. The summed E-state index contributed by atoms with van der Waals surface area (Å²) in [5.74, 6) is -4.55. The number of alkyl halides is 2. The summed E-state index contributed by atoms with van der Waals surface area (Å²) in [6, 6.07) is 3.32. The molecule has 0 radical (unpaired) electrons. The zero-order chi connectivity index (χ0) is 12.5. The molecule has 1 N–H and O–H groups in total. The van der Waals surface area contributed by atoms with Crippen molar-refractivity contribution in [3.05, 3.63) is 29.6 Å². The van der Waals surface area contributed by atoms with Crippen molar-refractivity contribution < 1.29 is 17.9 Å². The summed E-state index contributed by atoms with van der Waals surface area (Å²) in [4.78, 5) is 0. The highest BCUT2D eigenvalue weighted by Crippen LogP contribution is 2.40. The third-order valence-corrected chi connectivity index (χ3v) is 3.11. The van der Waals surface area contributed by atoms with Gasteiger partial charge in [-0.15, -0.1) is 0 Å². The first-order chi connectivity index (χ1) is 8.05. The fourth-order valence-corrected chi connectivity index (χ4v) is 2.07. The summed E-state index contributed by atoms with van der Waals surface area (Å²) in [6.45, 7) is 0.847. The zero-order valence-corrected chi connectivity index (χ0v) is 9.47. The molecular formula is C12H14F3NO. The highest BCUT2D eigenvalue weighted by Gasteiger charge is 2.42. The molecule has 1 aliphatic rings. The fraction of sp³-hybridized carbons (Fsp3) is 0.500. The van der Waals surface area contributed by atoms with Gasteiger partial charge in [-0.3, -0.25) is 0 Å². The van der Waals surface area contributed by atoms with Crippen LogP contribution >= 0.6 is 0 Å². The maximum atomic E-state index is 14.0. The average Bonchev–Trinajstić information content (AvgIpc) is 2.83. The van der Waals surface area contributed by atoms with Crippen LogP contribution in [0.4, 0.5) is 13.2 Å². The van der Waals surface area contributed by atoms with Crippen molar-refractivity contribution in [3.63, 3.8) is 0 Å². The van der Waals surface area contributed by atoms with Crippen LogP contribution in [0, 0.1) is 11.7 Å². The standard InChI is InChI=1S/C12H14F3NO/c1-17-11-3-2-8(6-10(11)13)12(14,15)9-4-5-16-7-9/h2-3,6,9,16H,4-5,7H2,1H3. The van der Waals surface area contributed by atoms with Gasteiger partial charge in [0.2, 0.25) is 0 Å². The molecule has 0 aliphatic carbocycles. The van der Waals surface area contributed by atoms with Gasteiger partial charge in [-0.05, 0) is 31.2 Å². The van der Waals surface area contributed by atoms with Crippen molar-refractivity contribution in [2.45, 2.75) is 12.3 Å². The summed E-state index contributed by atoms with van der Waals surface area (Å²) in [6.07, 6.45) is 0.403. The van der Waals surface area contributed by atoms with Crippen LogP contribution in [0.15, 0.2) is 18.2 Å². The fourth-order valence-electron chi connectivity index (χ4n) is 2.07. The molecule has 17 heavy (non-hydrogen) atoms. The number of nitrogens with one attached hydrogen (secondary N) is 1. The molecule has 1 unspecified atom stereocenters. The lowest BCUT2D eigenvalue weighted by molar-refractivity contribution is -0.0578. The first kappa shape index (κ1) is 12.2. The van der Waals surface area contributed by atoms with Crippen molar-refractivity contribution in [1.29, 1.82) is 0 Å². The van der Waals surface area contributed by atoms with Crippen LogP contribution in [-0.2, 0) is 5.92 Å². The normalized spacial score (nSPS) is 20.6. The Labute approximate surface area is 97.8 Å².